The third kappa shape index (κ3) is 2.60. The number of fused-ring (bicyclic) bond motifs is 1. The molecular weight excluding hydrogens is 304 g/mol. The first-order valence-corrected chi connectivity index (χ1v) is 7.30. The van der Waals surface area contributed by atoms with Gasteiger partial charge in [-0.05, 0) is 35.7 Å². The molecule has 0 saturated carbocycles. The van der Waals surface area contributed by atoms with Crippen LogP contribution in [0.1, 0.15) is 32.0 Å². The minimum absolute atomic E-state index is 0.0965. The standard InChI is InChI=1S/C16H15ClN2O3/c1-18-9-13(17)7-14(18)15(20)19-5-4-10-2-3-11(16(21)22)6-12(10)8-19/h2-3,6-7,9H,4-5,8H2,1H3,(H,21,22). The number of hydrogen-bond acceptors (Lipinski definition) is 2. The fraction of sp³-hybridized carbons (Fsp3) is 0.250. The number of carbonyl (C=O) groups excluding carboxylic acids is 1. The highest BCUT2D eigenvalue weighted by atomic mass is 35.5. The molecule has 0 unspecified atom stereocenters. The zero-order valence-electron chi connectivity index (χ0n) is 12.0. The second kappa shape index (κ2) is 5.50. The van der Waals surface area contributed by atoms with E-state index in [0.717, 1.165) is 17.5 Å². The molecule has 0 fully saturated rings. The van der Waals surface area contributed by atoms with Gasteiger partial charge in [-0.15, -0.1) is 0 Å². The molecule has 5 nitrogen and oxygen atoms in total. The summed E-state index contributed by atoms with van der Waals surface area (Å²) >= 11 is 5.93. The SMILES string of the molecule is Cn1cc(Cl)cc1C(=O)N1CCc2ccc(C(=O)O)cc2C1. The summed E-state index contributed by atoms with van der Waals surface area (Å²) in [6.45, 7) is 1.03. The predicted molar refractivity (Wildman–Crippen MR) is 82.3 cm³/mol. The van der Waals surface area contributed by atoms with Crippen molar-refractivity contribution in [1.29, 1.82) is 0 Å². The van der Waals surface area contributed by atoms with Crippen molar-refractivity contribution in [1.82, 2.24) is 9.47 Å². The van der Waals surface area contributed by atoms with E-state index in [1.54, 1.807) is 40.9 Å². The molecule has 1 aromatic carbocycles. The van der Waals surface area contributed by atoms with E-state index in [-0.39, 0.29) is 11.5 Å². The van der Waals surface area contributed by atoms with E-state index in [1.807, 2.05) is 6.07 Å². The molecule has 1 aliphatic heterocycles. The van der Waals surface area contributed by atoms with Crippen molar-refractivity contribution in [3.8, 4) is 0 Å². The molecule has 0 bridgehead atoms. The molecule has 3 rings (SSSR count). The van der Waals surface area contributed by atoms with Crippen molar-refractivity contribution in [2.75, 3.05) is 6.54 Å². The normalized spacial score (nSPS) is 13.8. The molecule has 0 atom stereocenters. The van der Waals surface area contributed by atoms with E-state index in [1.165, 1.54) is 0 Å². The van der Waals surface area contributed by atoms with E-state index in [2.05, 4.69) is 0 Å². The van der Waals surface area contributed by atoms with Gasteiger partial charge in [0.1, 0.15) is 5.69 Å². The highest BCUT2D eigenvalue weighted by Gasteiger charge is 2.24. The minimum atomic E-state index is -0.958. The zero-order valence-corrected chi connectivity index (χ0v) is 12.8. The molecule has 0 spiro atoms. The van der Waals surface area contributed by atoms with Crippen molar-refractivity contribution >= 4 is 23.5 Å². The molecule has 22 heavy (non-hydrogen) atoms. The van der Waals surface area contributed by atoms with Crippen LogP contribution in [0.4, 0.5) is 0 Å². The average Bonchev–Trinajstić information content (AvgIpc) is 2.84. The van der Waals surface area contributed by atoms with E-state index in [9.17, 15) is 9.59 Å². The van der Waals surface area contributed by atoms with Gasteiger partial charge >= 0.3 is 5.97 Å². The number of aryl methyl sites for hydroxylation is 1. The number of halogens is 1. The molecule has 1 amide bonds. The monoisotopic (exact) mass is 318 g/mol. The van der Waals surface area contributed by atoms with Crippen molar-refractivity contribution in [2.24, 2.45) is 7.05 Å². The number of carboxylic acids is 1. The Morgan fingerprint density at radius 3 is 2.64 bits per heavy atom. The number of carboxylic acid groups (broad SMARTS) is 1. The third-order valence-corrected chi connectivity index (χ3v) is 4.15. The number of nitrogens with zero attached hydrogens (tertiary/aromatic N) is 2. The molecule has 2 aromatic rings. The Hall–Kier alpha value is -2.27. The Bertz CT molecular complexity index is 767. The second-order valence-corrected chi connectivity index (χ2v) is 5.86. The maximum atomic E-state index is 12.6. The molecule has 6 heteroatoms. The fourth-order valence-corrected chi connectivity index (χ4v) is 3.01. The van der Waals surface area contributed by atoms with Gasteiger partial charge in [-0.1, -0.05) is 17.7 Å². The summed E-state index contributed by atoms with van der Waals surface area (Å²) < 4.78 is 1.70. The van der Waals surface area contributed by atoms with Gasteiger partial charge in [-0.3, -0.25) is 4.79 Å². The third-order valence-electron chi connectivity index (χ3n) is 3.94. The molecule has 1 aliphatic rings. The summed E-state index contributed by atoms with van der Waals surface area (Å²) in [5.41, 5.74) is 2.76. The lowest BCUT2D eigenvalue weighted by molar-refractivity contribution is 0.0696. The number of carbonyl (C=O) groups is 2. The first-order valence-electron chi connectivity index (χ1n) is 6.92. The molecule has 0 saturated heterocycles. The topological polar surface area (TPSA) is 62.5 Å². The van der Waals surface area contributed by atoms with Crippen LogP contribution in [0.3, 0.4) is 0 Å². The minimum Gasteiger partial charge on any atom is -0.478 e. The average molecular weight is 319 g/mol. The number of rotatable bonds is 2. The maximum absolute atomic E-state index is 12.6. The summed E-state index contributed by atoms with van der Waals surface area (Å²) in [5.74, 6) is -1.05. The number of hydrogen-bond donors (Lipinski definition) is 1. The molecule has 0 radical (unpaired) electrons. The Morgan fingerprint density at radius 2 is 2.00 bits per heavy atom. The van der Waals surface area contributed by atoms with Crippen molar-refractivity contribution in [3.05, 3.63) is 57.9 Å². The molecule has 1 aromatic heterocycles. The molecular formula is C16H15ClN2O3. The van der Waals surface area contributed by atoms with Crippen LogP contribution in [0, 0.1) is 0 Å². The smallest absolute Gasteiger partial charge is 0.335 e. The van der Waals surface area contributed by atoms with Crippen LogP contribution in [0.15, 0.2) is 30.5 Å². The number of aromatic nitrogens is 1. The van der Waals surface area contributed by atoms with Crippen LogP contribution in [-0.4, -0.2) is 33.0 Å². The Kier molecular flexibility index (Phi) is 3.66. The van der Waals surface area contributed by atoms with Gasteiger partial charge in [0.15, 0.2) is 0 Å². The van der Waals surface area contributed by atoms with Crippen LogP contribution in [-0.2, 0) is 20.0 Å². The summed E-state index contributed by atoms with van der Waals surface area (Å²) in [4.78, 5) is 25.4. The summed E-state index contributed by atoms with van der Waals surface area (Å²) in [6, 6.07) is 6.73. The lowest BCUT2D eigenvalue weighted by Gasteiger charge is -2.29. The van der Waals surface area contributed by atoms with Gasteiger partial charge in [0.2, 0.25) is 0 Å². The van der Waals surface area contributed by atoms with Crippen molar-refractivity contribution in [3.63, 3.8) is 0 Å². The van der Waals surface area contributed by atoms with Gasteiger partial charge in [0.25, 0.3) is 5.91 Å². The van der Waals surface area contributed by atoms with Gasteiger partial charge in [0.05, 0.1) is 10.6 Å². The van der Waals surface area contributed by atoms with Crippen LogP contribution < -0.4 is 0 Å². The van der Waals surface area contributed by atoms with Crippen molar-refractivity contribution < 1.29 is 14.7 Å². The highest BCUT2D eigenvalue weighted by Crippen LogP contribution is 2.23. The van der Waals surface area contributed by atoms with Crippen molar-refractivity contribution in [2.45, 2.75) is 13.0 Å². The van der Waals surface area contributed by atoms with Crippen LogP contribution in [0.25, 0.3) is 0 Å². The van der Waals surface area contributed by atoms with Gasteiger partial charge in [-0.25, -0.2) is 4.79 Å². The Morgan fingerprint density at radius 1 is 1.23 bits per heavy atom. The Labute approximate surface area is 132 Å². The highest BCUT2D eigenvalue weighted by molar-refractivity contribution is 6.31. The van der Waals surface area contributed by atoms with Crippen LogP contribution in [0.2, 0.25) is 5.02 Å². The quantitative estimate of drug-likeness (QED) is 0.925. The van der Waals surface area contributed by atoms with E-state index in [0.29, 0.717) is 23.8 Å². The molecule has 2 heterocycles. The summed E-state index contributed by atoms with van der Waals surface area (Å²) in [5, 5.41) is 9.60. The first-order chi connectivity index (χ1) is 10.5. The van der Waals surface area contributed by atoms with E-state index in [4.69, 9.17) is 16.7 Å². The van der Waals surface area contributed by atoms with Gasteiger partial charge in [0, 0.05) is 26.3 Å². The fourth-order valence-electron chi connectivity index (χ4n) is 2.76. The second-order valence-electron chi connectivity index (χ2n) is 5.42. The van der Waals surface area contributed by atoms with E-state index < -0.39 is 5.97 Å². The summed E-state index contributed by atoms with van der Waals surface area (Å²) in [6.07, 6.45) is 2.41. The largest absolute Gasteiger partial charge is 0.478 e. The molecule has 114 valence electrons. The lowest BCUT2D eigenvalue weighted by atomic mass is 9.97. The zero-order chi connectivity index (χ0) is 15.9. The summed E-state index contributed by atoms with van der Waals surface area (Å²) in [7, 11) is 1.78. The molecule has 0 aliphatic carbocycles. The van der Waals surface area contributed by atoms with Crippen LogP contribution >= 0.6 is 11.6 Å². The number of amides is 1. The Balaban J connectivity index is 1.87. The predicted octanol–water partition coefficient (Wildman–Crippen LogP) is 2.58. The molecule has 1 N–H and O–H groups in total. The number of benzene rings is 1. The number of aromatic carboxylic acids is 1. The van der Waals surface area contributed by atoms with Gasteiger partial charge < -0.3 is 14.6 Å². The maximum Gasteiger partial charge on any atom is 0.335 e. The van der Waals surface area contributed by atoms with Crippen LogP contribution in [0.5, 0.6) is 0 Å². The first kappa shape index (κ1) is 14.7. The van der Waals surface area contributed by atoms with Gasteiger partial charge in [-0.2, -0.15) is 0 Å². The lowest BCUT2D eigenvalue weighted by Crippen LogP contribution is -2.36. The van der Waals surface area contributed by atoms with E-state index >= 15 is 0 Å².